The van der Waals surface area contributed by atoms with Crippen molar-refractivity contribution >= 4 is 12.1 Å². The van der Waals surface area contributed by atoms with Gasteiger partial charge < -0.3 is 10.4 Å². The van der Waals surface area contributed by atoms with E-state index < -0.39 is 18.8 Å². The smallest absolute Gasteiger partial charge is 0.341 e. The van der Waals surface area contributed by atoms with Crippen LogP contribution in [0.25, 0.3) is 0 Å². The highest BCUT2D eigenvalue weighted by atomic mass is 16.3. The zero-order valence-corrected chi connectivity index (χ0v) is 9.80. The Morgan fingerprint density at radius 2 is 1.89 bits per heavy atom. The molecule has 0 aliphatic rings. The third-order valence-electron chi connectivity index (χ3n) is 2.29. The van der Waals surface area contributed by atoms with Crippen LogP contribution in [0.5, 0.6) is 0 Å². The zero-order chi connectivity index (χ0) is 13.4. The van der Waals surface area contributed by atoms with Crippen molar-refractivity contribution in [2.75, 3.05) is 13.3 Å². The third kappa shape index (κ3) is 4.04. The molecule has 0 saturated heterocycles. The topological polar surface area (TPSA) is 108 Å². The fourth-order valence-corrected chi connectivity index (χ4v) is 1.35. The molecule has 5 N–H and O–H groups in total. The first kappa shape index (κ1) is 13.9. The van der Waals surface area contributed by atoms with Crippen molar-refractivity contribution in [1.82, 2.24) is 15.6 Å². The molecule has 1 rings (SSSR count). The van der Waals surface area contributed by atoms with Crippen LogP contribution in [0.3, 0.4) is 0 Å². The van der Waals surface area contributed by atoms with Crippen molar-refractivity contribution < 1.29 is 14.7 Å². The van der Waals surface area contributed by atoms with Gasteiger partial charge in [0.15, 0.2) is 0 Å². The number of carbonyl (C=O) groups excluding carboxylic acids is 2. The van der Waals surface area contributed by atoms with Gasteiger partial charge in [-0.25, -0.2) is 20.3 Å². The van der Waals surface area contributed by atoms with Crippen LogP contribution in [0.2, 0.25) is 0 Å². The lowest BCUT2D eigenvalue weighted by Crippen LogP contribution is -2.51. The number of imide groups is 1. The van der Waals surface area contributed by atoms with Gasteiger partial charge in [0.05, 0.1) is 0 Å². The first-order valence-electron chi connectivity index (χ1n) is 5.39. The minimum Gasteiger partial charge on any atom is -0.376 e. The van der Waals surface area contributed by atoms with Gasteiger partial charge in [-0.15, -0.1) is 0 Å². The lowest BCUT2D eigenvalue weighted by molar-refractivity contribution is 0.131. The van der Waals surface area contributed by atoms with Gasteiger partial charge in [0.2, 0.25) is 0 Å². The molecule has 0 aliphatic heterocycles. The summed E-state index contributed by atoms with van der Waals surface area (Å²) < 4.78 is 0. The number of benzene rings is 1. The molecule has 0 atom stereocenters. The third-order valence-corrected chi connectivity index (χ3v) is 2.29. The molecule has 0 aromatic heterocycles. The van der Waals surface area contributed by atoms with E-state index in [1.165, 1.54) is 0 Å². The molecule has 0 fully saturated rings. The second-order valence-electron chi connectivity index (χ2n) is 3.49. The van der Waals surface area contributed by atoms with Crippen LogP contribution in [0.4, 0.5) is 9.59 Å². The van der Waals surface area contributed by atoms with Crippen LogP contribution in [0, 0.1) is 0 Å². The van der Waals surface area contributed by atoms with E-state index >= 15 is 0 Å². The predicted molar refractivity (Wildman–Crippen MR) is 65.2 cm³/mol. The van der Waals surface area contributed by atoms with Gasteiger partial charge in [0.25, 0.3) is 0 Å². The van der Waals surface area contributed by atoms with Gasteiger partial charge in [0, 0.05) is 6.54 Å². The molecule has 7 nitrogen and oxygen atoms in total. The van der Waals surface area contributed by atoms with Crippen LogP contribution in [-0.2, 0) is 6.42 Å². The predicted octanol–water partition coefficient (Wildman–Crippen LogP) is -0.226. The number of rotatable bonds is 4. The number of urea groups is 2. The molecule has 98 valence electrons. The molecule has 0 spiro atoms. The minimum atomic E-state index is -0.866. The van der Waals surface area contributed by atoms with Gasteiger partial charge in [-0.1, -0.05) is 30.3 Å². The van der Waals surface area contributed by atoms with E-state index in [2.05, 4.69) is 5.32 Å². The summed E-state index contributed by atoms with van der Waals surface area (Å²) in [5.41, 5.74) is 2.84. The molecule has 4 amide bonds. The van der Waals surface area contributed by atoms with Crippen molar-refractivity contribution in [3.05, 3.63) is 35.9 Å². The van der Waals surface area contributed by atoms with Gasteiger partial charge in [0.1, 0.15) is 6.73 Å². The molecular formula is C11H16N4O3. The summed E-state index contributed by atoms with van der Waals surface area (Å²) in [7, 11) is 0. The van der Waals surface area contributed by atoms with E-state index in [1.807, 2.05) is 30.3 Å². The number of hydrazine groups is 1. The summed E-state index contributed by atoms with van der Waals surface area (Å²) in [6.45, 7) is -0.378. The van der Waals surface area contributed by atoms with Crippen LogP contribution >= 0.6 is 0 Å². The monoisotopic (exact) mass is 252 g/mol. The Kier molecular flexibility index (Phi) is 5.62. The summed E-state index contributed by atoms with van der Waals surface area (Å²) in [6, 6.07) is 8.01. The maximum Gasteiger partial charge on any atom is 0.341 e. The highest BCUT2D eigenvalue weighted by Gasteiger charge is 2.18. The largest absolute Gasteiger partial charge is 0.376 e. The van der Waals surface area contributed by atoms with Gasteiger partial charge in [-0.2, -0.15) is 0 Å². The van der Waals surface area contributed by atoms with E-state index in [4.69, 9.17) is 10.9 Å². The number of carbonyl (C=O) groups is 2. The van der Waals surface area contributed by atoms with Crippen LogP contribution < -0.4 is 16.6 Å². The molecule has 1 aromatic rings. The second-order valence-corrected chi connectivity index (χ2v) is 3.49. The highest BCUT2D eigenvalue weighted by molar-refractivity contribution is 5.93. The number of hydrogen-bond donors (Lipinski definition) is 4. The Hall–Kier alpha value is -2.12. The Bertz CT molecular complexity index is 397. The standard InChI is InChI=1S/C11H16N4O3/c12-14-11(18)15(8-16)10(17)13-7-6-9-4-2-1-3-5-9/h1-5,16H,6-8,12H2,(H,13,17)(H,14,18). The Morgan fingerprint density at radius 1 is 1.22 bits per heavy atom. The highest BCUT2D eigenvalue weighted by Crippen LogP contribution is 1.98. The molecule has 0 radical (unpaired) electrons. The SMILES string of the molecule is NNC(=O)N(CO)C(=O)NCCc1ccccc1. The zero-order valence-electron chi connectivity index (χ0n) is 9.80. The lowest BCUT2D eigenvalue weighted by atomic mass is 10.1. The number of amides is 4. The van der Waals surface area contributed by atoms with Crippen LogP contribution in [0.1, 0.15) is 5.56 Å². The van der Waals surface area contributed by atoms with Gasteiger partial charge in [-0.05, 0) is 12.0 Å². The summed E-state index contributed by atoms with van der Waals surface area (Å²) in [4.78, 5) is 23.2. The maximum absolute atomic E-state index is 11.5. The van der Waals surface area contributed by atoms with E-state index in [0.717, 1.165) is 5.56 Å². The van der Waals surface area contributed by atoms with Gasteiger partial charge in [-0.3, -0.25) is 5.43 Å². The van der Waals surface area contributed by atoms with Gasteiger partial charge >= 0.3 is 12.1 Å². The fourth-order valence-electron chi connectivity index (χ4n) is 1.35. The van der Waals surface area contributed by atoms with Crippen LogP contribution in [0.15, 0.2) is 30.3 Å². The lowest BCUT2D eigenvalue weighted by Gasteiger charge is -2.17. The molecular weight excluding hydrogens is 236 g/mol. The van der Waals surface area contributed by atoms with E-state index in [1.54, 1.807) is 5.43 Å². The fraction of sp³-hybridized carbons (Fsp3) is 0.273. The second kappa shape index (κ2) is 7.25. The first-order valence-corrected chi connectivity index (χ1v) is 5.39. The maximum atomic E-state index is 11.5. The normalized spacial score (nSPS) is 9.67. The number of hydrogen-bond acceptors (Lipinski definition) is 4. The molecule has 0 heterocycles. The van der Waals surface area contributed by atoms with Crippen molar-refractivity contribution in [3.63, 3.8) is 0 Å². The number of nitrogens with one attached hydrogen (secondary N) is 2. The van der Waals surface area contributed by atoms with Crippen LogP contribution in [-0.4, -0.2) is 35.3 Å². The molecule has 0 saturated carbocycles. The quantitative estimate of drug-likeness (QED) is 0.257. The van der Waals surface area contributed by atoms with Crippen molar-refractivity contribution in [2.45, 2.75) is 6.42 Å². The molecule has 0 unspecified atom stereocenters. The molecule has 18 heavy (non-hydrogen) atoms. The summed E-state index contributed by atoms with van der Waals surface area (Å²) in [5.74, 6) is 4.87. The Morgan fingerprint density at radius 3 is 2.44 bits per heavy atom. The average molecular weight is 252 g/mol. The number of nitrogens with zero attached hydrogens (tertiary/aromatic N) is 1. The van der Waals surface area contributed by atoms with Crippen molar-refractivity contribution in [3.8, 4) is 0 Å². The number of aliphatic hydroxyl groups excluding tert-OH is 1. The Balaban J connectivity index is 2.38. The van der Waals surface area contributed by atoms with E-state index in [-0.39, 0.29) is 0 Å². The van der Waals surface area contributed by atoms with Crippen molar-refractivity contribution in [1.29, 1.82) is 0 Å². The molecule has 0 bridgehead atoms. The van der Waals surface area contributed by atoms with E-state index in [0.29, 0.717) is 17.9 Å². The molecule has 0 aliphatic carbocycles. The first-order chi connectivity index (χ1) is 8.69. The molecule has 7 heteroatoms. The van der Waals surface area contributed by atoms with Crippen molar-refractivity contribution in [2.24, 2.45) is 5.84 Å². The average Bonchev–Trinajstić information content (AvgIpc) is 2.40. The number of aliphatic hydroxyl groups is 1. The number of nitrogens with two attached hydrogens (primary N) is 1. The summed E-state index contributed by atoms with van der Waals surface area (Å²) in [5, 5.41) is 11.4. The van der Waals surface area contributed by atoms with E-state index in [9.17, 15) is 9.59 Å². The minimum absolute atomic E-state index is 0.358. The Labute approximate surface area is 105 Å². The molecule has 1 aromatic carbocycles. The summed E-state index contributed by atoms with van der Waals surface area (Å²) in [6.07, 6.45) is 0.635. The summed E-state index contributed by atoms with van der Waals surface area (Å²) >= 11 is 0.